The number of nitrogens with zero attached hydrogens (tertiary/aromatic N) is 3. The zero-order valence-electron chi connectivity index (χ0n) is 18.3. The summed E-state index contributed by atoms with van der Waals surface area (Å²) in [6, 6.07) is 7.81. The molecule has 180 valence electrons. The Balaban J connectivity index is 1.39. The number of benzene rings is 2. The van der Waals surface area contributed by atoms with Gasteiger partial charge in [-0.1, -0.05) is 5.16 Å². The van der Waals surface area contributed by atoms with Crippen molar-refractivity contribution in [3.63, 3.8) is 0 Å². The molecule has 1 aliphatic rings. The van der Waals surface area contributed by atoms with Crippen LogP contribution in [0.5, 0.6) is 0 Å². The molecule has 0 aliphatic carbocycles. The van der Waals surface area contributed by atoms with E-state index >= 15 is 0 Å². The number of nitrogens with one attached hydrogen (secondary N) is 1. The second-order valence-corrected chi connectivity index (χ2v) is 9.59. The zero-order chi connectivity index (χ0) is 24.3. The van der Waals surface area contributed by atoms with Crippen LogP contribution in [0.25, 0.3) is 11.4 Å². The number of carbonyl (C=O) groups excluding carboxylic acids is 1. The molecular formula is C22H22F2N4O5S. The minimum atomic E-state index is -4.07. The highest BCUT2D eigenvalue weighted by Gasteiger charge is 2.29. The fourth-order valence-electron chi connectivity index (χ4n) is 3.41. The van der Waals surface area contributed by atoms with Gasteiger partial charge in [0, 0.05) is 37.2 Å². The number of hydrogen-bond donors (Lipinski definition) is 1. The summed E-state index contributed by atoms with van der Waals surface area (Å²) in [6.07, 6.45) is 0.0894. The van der Waals surface area contributed by atoms with Gasteiger partial charge in [-0.25, -0.2) is 17.2 Å². The SMILES string of the molecule is Cc1cc(-c2noc(CCC(=O)Nc3ccc(F)c(S(=O)(=O)N4CCOCC4)c3)n2)ccc1F. The van der Waals surface area contributed by atoms with Gasteiger partial charge in [0.1, 0.15) is 16.5 Å². The lowest BCUT2D eigenvalue weighted by atomic mass is 10.1. The Bertz CT molecular complexity index is 1310. The van der Waals surface area contributed by atoms with Gasteiger partial charge in [-0.2, -0.15) is 9.29 Å². The number of aromatic nitrogens is 2. The molecule has 0 spiro atoms. The topological polar surface area (TPSA) is 115 Å². The second-order valence-electron chi connectivity index (χ2n) is 7.69. The van der Waals surface area contributed by atoms with Crippen LogP contribution in [0.15, 0.2) is 45.8 Å². The molecular weight excluding hydrogens is 470 g/mol. The van der Waals surface area contributed by atoms with Crippen molar-refractivity contribution in [2.45, 2.75) is 24.7 Å². The predicted molar refractivity (Wildman–Crippen MR) is 117 cm³/mol. The van der Waals surface area contributed by atoms with E-state index in [4.69, 9.17) is 9.26 Å². The summed E-state index contributed by atoms with van der Waals surface area (Å²) in [5.74, 6) is -1.21. The van der Waals surface area contributed by atoms with Crippen LogP contribution in [0, 0.1) is 18.6 Å². The van der Waals surface area contributed by atoms with Gasteiger partial charge in [-0.3, -0.25) is 4.79 Å². The van der Waals surface area contributed by atoms with E-state index < -0.39 is 26.6 Å². The number of ether oxygens (including phenoxy) is 1. The molecule has 1 saturated heterocycles. The Morgan fingerprint density at radius 1 is 1.12 bits per heavy atom. The Hall–Kier alpha value is -3.22. The summed E-state index contributed by atoms with van der Waals surface area (Å²) >= 11 is 0. The number of rotatable bonds is 7. The maximum absolute atomic E-state index is 14.3. The van der Waals surface area contributed by atoms with Gasteiger partial charge in [0.15, 0.2) is 0 Å². The molecule has 0 unspecified atom stereocenters. The maximum Gasteiger partial charge on any atom is 0.246 e. The van der Waals surface area contributed by atoms with Gasteiger partial charge >= 0.3 is 0 Å². The molecule has 9 nitrogen and oxygen atoms in total. The van der Waals surface area contributed by atoms with Crippen molar-refractivity contribution < 1.29 is 31.3 Å². The highest BCUT2D eigenvalue weighted by Crippen LogP contribution is 2.24. The van der Waals surface area contributed by atoms with Crippen LogP contribution < -0.4 is 5.32 Å². The molecule has 34 heavy (non-hydrogen) atoms. The molecule has 2 heterocycles. The van der Waals surface area contributed by atoms with Crippen molar-refractivity contribution >= 4 is 21.6 Å². The average Bonchev–Trinajstić information content (AvgIpc) is 3.30. The first-order valence-corrected chi connectivity index (χ1v) is 11.9. The molecule has 0 saturated carbocycles. The Morgan fingerprint density at radius 3 is 2.59 bits per heavy atom. The molecule has 1 N–H and O–H groups in total. The van der Waals surface area contributed by atoms with E-state index in [-0.39, 0.29) is 62.4 Å². The third-order valence-corrected chi connectivity index (χ3v) is 7.17. The number of halogens is 2. The molecule has 1 fully saturated rings. The summed E-state index contributed by atoms with van der Waals surface area (Å²) in [7, 11) is -4.07. The van der Waals surface area contributed by atoms with E-state index in [1.165, 1.54) is 18.2 Å². The molecule has 2 aromatic carbocycles. The monoisotopic (exact) mass is 492 g/mol. The van der Waals surface area contributed by atoms with Crippen molar-refractivity contribution in [2.75, 3.05) is 31.6 Å². The lowest BCUT2D eigenvalue weighted by Gasteiger charge is -2.26. The van der Waals surface area contributed by atoms with Gasteiger partial charge in [-0.05, 0) is 48.9 Å². The number of anilines is 1. The molecule has 1 aromatic heterocycles. The number of morpholine rings is 1. The molecule has 0 radical (unpaired) electrons. The fraction of sp³-hybridized carbons (Fsp3) is 0.318. The van der Waals surface area contributed by atoms with Crippen LogP contribution in [-0.2, 0) is 26.0 Å². The van der Waals surface area contributed by atoms with Crippen molar-refractivity contribution in [3.8, 4) is 11.4 Å². The van der Waals surface area contributed by atoms with Gasteiger partial charge in [0.2, 0.25) is 27.6 Å². The Labute approximate surface area is 194 Å². The van der Waals surface area contributed by atoms with Gasteiger partial charge in [0.25, 0.3) is 0 Å². The lowest BCUT2D eigenvalue weighted by Crippen LogP contribution is -2.40. The molecule has 1 aliphatic heterocycles. The Kier molecular flexibility index (Phi) is 7.00. The molecule has 1 amide bonds. The number of aryl methyl sites for hydroxylation is 2. The lowest BCUT2D eigenvalue weighted by molar-refractivity contribution is -0.116. The number of amides is 1. The normalized spacial score (nSPS) is 14.8. The average molecular weight is 493 g/mol. The Morgan fingerprint density at radius 2 is 1.85 bits per heavy atom. The first-order valence-electron chi connectivity index (χ1n) is 10.5. The van der Waals surface area contributed by atoms with Crippen molar-refractivity contribution in [1.29, 1.82) is 0 Å². The van der Waals surface area contributed by atoms with E-state index in [2.05, 4.69) is 15.5 Å². The highest BCUT2D eigenvalue weighted by atomic mass is 32.2. The largest absolute Gasteiger partial charge is 0.379 e. The third-order valence-electron chi connectivity index (χ3n) is 5.25. The third kappa shape index (κ3) is 5.29. The van der Waals surface area contributed by atoms with Crippen LogP contribution in [0.3, 0.4) is 0 Å². The predicted octanol–water partition coefficient (Wildman–Crippen LogP) is 2.92. The molecule has 3 aromatic rings. The van der Waals surface area contributed by atoms with Crippen molar-refractivity contribution in [2.24, 2.45) is 0 Å². The zero-order valence-corrected chi connectivity index (χ0v) is 19.1. The second kappa shape index (κ2) is 9.95. The minimum absolute atomic E-state index is 0.0347. The smallest absolute Gasteiger partial charge is 0.246 e. The van der Waals surface area contributed by atoms with E-state index in [1.807, 2.05) is 0 Å². The first-order chi connectivity index (χ1) is 16.2. The molecule has 12 heteroatoms. The van der Waals surface area contributed by atoms with Crippen LogP contribution in [0.1, 0.15) is 17.9 Å². The van der Waals surface area contributed by atoms with E-state index in [0.717, 1.165) is 16.4 Å². The van der Waals surface area contributed by atoms with Gasteiger partial charge in [-0.15, -0.1) is 0 Å². The molecule has 0 atom stereocenters. The maximum atomic E-state index is 14.3. The summed E-state index contributed by atoms with van der Waals surface area (Å²) < 4.78 is 64.8. The van der Waals surface area contributed by atoms with E-state index in [9.17, 15) is 22.0 Å². The fourth-order valence-corrected chi connectivity index (χ4v) is 4.90. The van der Waals surface area contributed by atoms with Gasteiger partial charge in [0.05, 0.1) is 13.2 Å². The number of sulfonamides is 1. The van der Waals surface area contributed by atoms with E-state index in [1.54, 1.807) is 13.0 Å². The number of hydrogen-bond acceptors (Lipinski definition) is 7. The highest BCUT2D eigenvalue weighted by molar-refractivity contribution is 7.89. The quantitative estimate of drug-likeness (QED) is 0.539. The molecule has 0 bridgehead atoms. The summed E-state index contributed by atoms with van der Waals surface area (Å²) in [5, 5.41) is 6.41. The van der Waals surface area contributed by atoms with Crippen LogP contribution in [0.4, 0.5) is 14.5 Å². The van der Waals surface area contributed by atoms with E-state index in [0.29, 0.717) is 11.1 Å². The summed E-state index contributed by atoms with van der Waals surface area (Å²) in [5.41, 5.74) is 1.17. The van der Waals surface area contributed by atoms with Crippen molar-refractivity contribution in [3.05, 3.63) is 59.5 Å². The standard InChI is InChI=1S/C22H22F2N4O5S/c1-14-12-15(2-4-17(14)23)22-26-21(33-27-22)7-6-20(29)25-16-3-5-18(24)19(13-16)34(30,31)28-8-10-32-11-9-28/h2-5,12-13H,6-11H2,1H3,(H,25,29). The van der Waals surface area contributed by atoms with Crippen molar-refractivity contribution in [1.82, 2.24) is 14.4 Å². The minimum Gasteiger partial charge on any atom is -0.379 e. The van der Waals surface area contributed by atoms with Crippen LogP contribution in [-0.4, -0.2) is 55.1 Å². The van der Waals surface area contributed by atoms with Crippen LogP contribution >= 0.6 is 0 Å². The van der Waals surface area contributed by atoms with Gasteiger partial charge < -0.3 is 14.6 Å². The molecule has 4 rings (SSSR count). The summed E-state index contributed by atoms with van der Waals surface area (Å²) in [6.45, 7) is 2.34. The van der Waals surface area contributed by atoms with Crippen LogP contribution in [0.2, 0.25) is 0 Å². The number of carbonyl (C=O) groups is 1. The summed E-state index contributed by atoms with van der Waals surface area (Å²) in [4.78, 5) is 16.1. The first kappa shape index (κ1) is 23.9.